The summed E-state index contributed by atoms with van der Waals surface area (Å²) in [6.45, 7) is 5.88. The number of nitrogens with zero attached hydrogens (tertiary/aromatic N) is 1. The zero-order chi connectivity index (χ0) is 20.5. The van der Waals surface area contributed by atoms with Crippen LogP contribution in [0.25, 0.3) is 0 Å². The summed E-state index contributed by atoms with van der Waals surface area (Å²) in [6, 6.07) is 11.8. The van der Waals surface area contributed by atoms with Gasteiger partial charge < -0.3 is 10.6 Å². The lowest BCUT2D eigenvalue weighted by atomic mass is 9.75. The van der Waals surface area contributed by atoms with Crippen molar-refractivity contribution in [3.8, 4) is 0 Å². The van der Waals surface area contributed by atoms with Crippen LogP contribution in [0.1, 0.15) is 48.8 Å². The van der Waals surface area contributed by atoms with E-state index < -0.39 is 0 Å². The number of amides is 1. The van der Waals surface area contributed by atoms with Crippen molar-refractivity contribution in [3.63, 3.8) is 0 Å². The number of allylic oxidation sites excluding steroid dienone is 3. The van der Waals surface area contributed by atoms with E-state index in [1.807, 2.05) is 51.1 Å². The second kappa shape index (κ2) is 7.66. The van der Waals surface area contributed by atoms with Gasteiger partial charge in [0, 0.05) is 41.1 Å². The highest BCUT2D eigenvalue weighted by Gasteiger charge is 2.38. The predicted octanol–water partition coefficient (Wildman–Crippen LogP) is 4.31. The van der Waals surface area contributed by atoms with Crippen molar-refractivity contribution < 1.29 is 9.59 Å². The highest BCUT2D eigenvalue weighted by atomic mass is 16.2. The molecule has 0 spiro atoms. The molecule has 2 aliphatic rings. The van der Waals surface area contributed by atoms with Gasteiger partial charge in [-0.05, 0) is 50.8 Å². The van der Waals surface area contributed by atoms with Gasteiger partial charge in [-0.2, -0.15) is 0 Å². The first kappa shape index (κ1) is 19.1. The summed E-state index contributed by atoms with van der Waals surface area (Å²) >= 11 is 0. The van der Waals surface area contributed by atoms with Crippen molar-refractivity contribution in [2.24, 2.45) is 0 Å². The Kier molecular flexibility index (Phi) is 5.05. The summed E-state index contributed by atoms with van der Waals surface area (Å²) in [7, 11) is 0. The van der Waals surface area contributed by atoms with E-state index in [2.05, 4.69) is 15.6 Å². The Bertz CT molecular complexity index is 1030. The number of rotatable bonds is 3. The SMILES string of the molecule is CC1=C(C(=O)Nc2ccc(C)cn2)C(c2ccc(C)cc2)C2=C(CCCC2=O)N1. The minimum absolute atomic E-state index is 0.121. The number of carbonyl (C=O) groups excluding carboxylic acids is 2. The van der Waals surface area contributed by atoms with Crippen LogP contribution in [0.5, 0.6) is 0 Å². The predicted molar refractivity (Wildman–Crippen MR) is 113 cm³/mol. The topological polar surface area (TPSA) is 71.1 Å². The van der Waals surface area contributed by atoms with Crippen molar-refractivity contribution in [2.45, 2.75) is 46.0 Å². The first-order valence-corrected chi connectivity index (χ1v) is 9.98. The maximum absolute atomic E-state index is 13.3. The van der Waals surface area contributed by atoms with Gasteiger partial charge in [0.1, 0.15) is 5.82 Å². The Labute approximate surface area is 170 Å². The molecule has 0 saturated heterocycles. The second-order valence-corrected chi connectivity index (χ2v) is 7.85. The molecule has 5 heteroatoms. The Morgan fingerprint density at radius 3 is 2.45 bits per heavy atom. The summed E-state index contributed by atoms with van der Waals surface area (Å²) < 4.78 is 0. The maximum Gasteiger partial charge on any atom is 0.255 e. The summed E-state index contributed by atoms with van der Waals surface area (Å²) in [5.74, 6) is 0.0147. The van der Waals surface area contributed by atoms with Gasteiger partial charge >= 0.3 is 0 Å². The minimum Gasteiger partial charge on any atom is -0.362 e. The Morgan fingerprint density at radius 2 is 1.76 bits per heavy atom. The summed E-state index contributed by atoms with van der Waals surface area (Å²) in [6.07, 6.45) is 3.91. The molecule has 0 saturated carbocycles. The molecule has 5 nitrogen and oxygen atoms in total. The van der Waals surface area contributed by atoms with Crippen LogP contribution in [-0.4, -0.2) is 16.7 Å². The minimum atomic E-state index is -0.370. The molecule has 29 heavy (non-hydrogen) atoms. The van der Waals surface area contributed by atoms with Crippen LogP contribution in [0.15, 0.2) is 65.1 Å². The fourth-order valence-electron chi connectivity index (χ4n) is 4.10. The molecule has 2 heterocycles. The van der Waals surface area contributed by atoms with Crippen molar-refractivity contribution >= 4 is 17.5 Å². The van der Waals surface area contributed by atoms with Gasteiger partial charge in [0.2, 0.25) is 0 Å². The molecule has 2 aromatic rings. The lowest BCUT2D eigenvalue weighted by Crippen LogP contribution is -2.35. The zero-order valence-corrected chi connectivity index (χ0v) is 17.0. The van der Waals surface area contributed by atoms with E-state index in [0.29, 0.717) is 17.8 Å². The van der Waals surface area contributed by atoms with Crippen LogP contribution in [0.4, 0.5) is 5.82 Å². The van der Waals surface area contributed by atoms with Crippen LogP contribution in [0.3, 0.4) is 0 Å². The van der Waals surface area contributed by atoms with E-state index in [9.17, 15) is 9.59 Å². The standard InChI is InChI=1S/C24H25N3O2/c1-14-7-10-17(11-8-14)22-21(24(29)27-20-12-9-15(2)13-25-20)16(3)26-18-5-4-6-19(28)23(18)22/h7-13,22,26H,4-6H2,1-3H3,(H,25,27,29). The fourth-order valence-corrected chi connectivity index (χ4v) is 4.10. The largest absolute Gasteiger partial charge is 0.362 e. The number of pyridine rings is 1. The smallest absolute Gasteiger partial charge is 0.255 e. The number of dihydropyridines is 1. The van der Waals surface area contributed by atoms with E-state index in [1.54, 1.807) is 12.3 Å². The molecule has 148 valence electrons. The molecular formula is C24H25N3O2. The first-order chi connectivity index (χ1) is 13.9. The monoisotopic (exact) mass is 387 g/mol. The highest BCUT2D eigenvalue weighted by molar-refractivity contribution is 6.09. The van der Waals surface area contributed by atoms with Crippen LogP contribution in [0.2, 0.25) is 0 Å². The number of hydrogen-bond acceptors (Lipinski definition) is 4. The molecule has 1 unspecified atom stereocenters. The van der Waals surface area contributed by atoms with E-state index in [1.165, 1.54) is 0 Å². The molecule has 1 aliphatic carbocycles. The second-order valence-electron chi connectivity index (χ2n) is 7.85. The highest BCUT2D eigenvalue weighted by Crippen LogP contribution is 2.42. The average Bonchev–Trinajstić information content (AvgIpc) is 2.69. The Morgan fingerprint density at radius 1 is 1.03 bits per heavy atom. The number of carbonyl (C=O) groups is 2. The molecule has 1 aromatic carbocycles. The van der Waals surface area contributed by atoms with Crippen molar-refractivity contribution in [2.75, 3.05) is 5.32 Å². The molecule has 4 rings (SSSR count). The zero-order valence-electron chi connectivity index (χ0n) is 17.0. The lowest BCUT2D eigenvalue weighted by Gasteiger charge is -2.34. The van der Waals surface area contributed by atoms with Gasteiger partial charge in [0.15, 0.2) is 5.78 Å². The number of anilines is 1. The third-order valence-electron chi connectivity index (χ3n) is 5.58. The van der Waals surface area contributed by atoms with Gasteiger partial charge in [-0.3, -0.25) is 9.59 Å². The van der Waals surface area contributed by atoms with Gasteiger partial charge in [-0.1, -0.05) is 35.9 Å². The first-order valence-electron chi connectivity index (χ1n) is 9.98. The van der Waals surface area contributed by atoms with Crippen molar-refractivity contribution in [1.29, 1.82) is 0 Å². The number of aromatic nitrogens is 1. The number of ketones is 1. The Hall–Kier alpha value is -3.21. The van der Waals surface area contributed by atoms with E-state index >= 15 is 0 Å². The molecule has 0 fully saturated rings. The van der Waals surface area contributed by atoms with Crippen molar-refractivity contribution in [1.82, 2.24) is 10.3 Å². The molecule has 1 aliphatic heterocycles. The molecule has 1 amide bonds. The van der Waals surface area contributed by atoms with E-state index in [-0.39, 0.29) is 17.6 Å². The van der Waals surface area contributed by atoms with Crippen LogP contribution in [0, 0.1) is 13.8 Å². The molecule has 0 bridgehead atoms. The summed E-state index contributed by atoms with van der Waals surface area (Å²) in [4.78, 5) is 30.5. The third-order valence-corrected chi connectivity index (χ3v) is 5.58. The summed E-state index contributed by atoms with van der Waals surface area (Å²) in [5, 5.41) is 6.25. The van der Waals surface area contributed by atoms with Gasteiger partial charge in [0.05, 0.1) is 0 Å². The normalized spacial score (nSPS) is 19.0. The van der Waals surface area contributed by atoms with Crippen LogP contribution in [-0.2, 0) is 9.59 Å². The number of hydrogen-bond donors (Lipinski definition) is 2. The van der Waals surface area contributed by atoms with E-state index in [0.717, 1.165) is 46.5 Å². The summed E-state index contributed by atoms with van der Waals surface area (Å²) in [5.41, 5.74) is 6.17. The molecule has 2 N–H and O–H groups in total. The number of Topliss-reactive ketones (excluding diaryl/α,β-unsaturated/α-hetero) is 1. The van der Waals surface area contributed by atoms with Crippen LogP contribution >= 0.6 is 0 Å². The molecular weight excluding hydrogens is 362 g/mol. The molecule has 0 radical (unpaired) electrons. The van der Waals surface area contributed by atoms with Crippen molar-refractivity contribution in [3.05, 3.63) is 81.8 Å². The number of benzene rings is 1. The third kappa shape index (κ3) is 3.73. The quantitative estimate of drug-likeness (QED) is 0.823. The average molecular weight is 387 g/mol. The van der Waals surface area contributed by atoms with Gasteiger partial charge in [-0.15, -0.1) is 0 Å². The molecule has 1 aromatic heterocycles. The molecule has 1 atom stereocenters. The van der Waals surface area contributed by atoms with Gasteiger partial charge in [-0.25, -0.2) is 4.98 Å². The van der Waals surface area contributed by atoms with Crippen LogP contribution < -0.4 is 10.6 Å². The van der Waals surface area contributed by atoms with Gasteiger partial charge in [0.25, 0.3) is 5.91 Å². The van der Waals surface area contributed by atoms with E-state index in [4.69, 9.17) is 0 Å². The maximum atomic E-state index is 13.3. The lowest BCUT2D eigenvalue weighted by molar-refractivity contribution is -0.116. The number of nitrogens with one attached hydrogen (secondary N) is 2. The Balaban J connectivity index is 1.77. The number of aryl methyl sites for hydroxylation is 2. The fraction of sp³-hybridized carbons (Fsp3) is 0.292.